The minimum Gasteiger partial charge on any atom is -0.543 e. The third-order valence-corrected chi connectivity index (χ3v) is 4.13. The summed E-state index contributed by atoms with van der Waals surface area (Å²) < 4.78 is 5.83. The molecule has 25 heavy (non-hydrogen) atoms. The Bertz CT molecular complexity index is 858. The molecule has 0 bridgehead atoms. The van der Waals surface area contributed by atoms with Crippen LogP contribution in [-0.2, 0) is 6.61 Å². The fourth-order valence-electron chi connectivity index (χ4n) is 2.00. The number of ether oxygens (including phenoxy) is 1. The van der Waals surface area contributed by atoms with Crippen LogP contribution in [0.25, 0.3) is 0 Å². The van der Waals surface area contributed by atoms with Gasteiger partial charge in [0.05, 0.1) is 17.4 Å². The van der Waals surface area contributed by atoms with E-state index in [0.717, 1.165) is 16.9 Å². The first kappa shape index (κ1) is 19.8. The van der Waals surface area contributed by atoms with Crippen molar-refractivity contribution >= 4 is 39.7 Å². The van der Waals surface area contributed by atoms with Crippen molar-refractivity contribution in [2.24, 2.45) is 0 Å². The number of carboxylic acids is 1. The van der Waals surface area contributed by atoms with Gasteiger partial charge >= 0.3 is 29.6 Å². The molecule has 0 unspecified atom stereocenters. The summed E-state index contributed by atoms with van der Waals surface area (Å²) in [5.74, 6) is -0.723. The zero-order chi connectivity index (χ0) is 16.9. The molecule has 122 valence electrons. The summed E-state index contributed by atoms with van der Waals surface area (Å²) in [6.07, 6.45) is 0. The van der Waals surface area contributed by atoms with Gasteiger partial charge in [-0.25, -0.2) is 4.98 Å². The van der Waals surface area contributed by atoms with Crippen molar-refractivity contribution in [1.82, 2.24) is 4.98 Å². The Kier molecular flexibility index (Phi) is 7.28. The Balaban J connectivity index is 0.00000225. The molecule has 1 aromatic heterocycles. The molecule has 0 saturated carbocycles. The van der Waals surface area contributed by atoms with Gasteiger partial charge in [-0.2, -0.15) is 0 Å². The standard InChI is InChI=1S/C17H13ClN2O3S.Na/c18-12-6-7-15(23-9-11-4-2-1-3-5-11)13(8-12)19-17-20-14(10-24-17)16(21)22;/h1-8,10H,9H2,(H,19,20)(H,21,22);/q;+1/p-1. The van der Waals surface area contributed by atoms with Crippen LogP contribution < -0.4 is 44.7 Å². The minimum atomic E-state index is -1.31. The minimum absolute atomic E-state index is 0. The van der Waals surface area contributed by atoms with Crippen molar-refractivity contribution in [3.05, 3.63) is 70.2 Å². The van der Waals surface area contributed by atoms with Gasteiger partial charge in [-0.05, 0) is 23.8 Å². The molecule has 2 aromatic carbocycles. The Hall–Kier alpha value is -1.57. The summed E-state index contributed by atoms with van der Waals surface area (Å²) in [6.45, 7) is 0.402. The third kappa shape index (κ3) is 5.45. The van der Waals surface area contributed by atoms with E-state index in [1.165, 1.54) is 5.38 Å². The molecular weight excluding hydrogens is 371 g/mol. The van der Waals surface area contributed by atoms with Gasteiger partial charge in [0, 0.05) is 10.4 Å². The number of hydrogen-bond acceptors (Lipinski definition) is 6. The molecule has 0 spiro atoms. The molecular formula is C17H12ClN2NaO3S. The van der Waals surface area contributed by atoms with E-state index in [1.807, 2.05) is 30.3 Å². The van der Waals surface area contributed by atoms with E-state index in [2.05, 4.69) is 10.3 Å². The van der Waals surface area contributed by atoms with E-state index in [9.17, 15) is 9.90 Å². The monoisotopic (exact) mass is 382 g/mol. The number of benzene rings is 2. The van der Waals surface area contributed by atoms with Crippen LogP contribution in [0.4, 0.5) is 10.8 Å². The molecule has 0 aliphatic carbocycles. The fourth-order valence-corrected chi connectivity index (χ4v) is 2.87. The molecule has 0 amide bonds. The summed E-state index contributed by atoms with van der Waals surface area (Å²) >= 11 is 7.20. The van der Waals surface area contributed by atoms with E-state index >= 15 is 0 Å². The summed E-state index contributed by atoms with van der Waals surface area (Å²) in [7, 11) is 0. The van der Waals surface area contributed by atoms with Crippen molar-refractivity contribution in [3.63, 3.8) is 0 Å². The first-order chi connectivity index (χ1) is 11.6. The Morgan fingerprint density at radius 1 is 1.24 bits per heavy atom. The van der Waals surface area contributed by atoms with Crippen LogP contribution >= 0.6 is 22.9 Å². The number of anilines is 2. The number of rotatable bonds is 6. The molecule has 1 heterocycles. The predicted molar refractivity (Wildman–Crippen MR) is 92.0 cm³/mol. The van der Waals surface area contributed by atoms with Crippen LogP contribution in [0.3, 0.4) is 0 Å². The van der Waals surface area contributed by atoms with Crippen LogP contribution in [0.2, 0.25) is 5.02 Å². The zero-order valence-corrected chi connectivity index (χ0v) is 16.9. The number of carbonyl (C=O) groups is 1. The Labute approximate surface area is 175 Å². The molecule has 0 radical (unpaired) electrons. The molecule has 0 aliphatic heterocycles. The average molecular weight is 383 g/mol. The van der Waals surface area contributed by atoms with Gasteiger partial charge in [-0.1, -0.05) is 41.9 Å². The van der Waals surface area contributed by atoms with Gasteiger partial charge in [-0.3, -0.25) is 0 Å². The van der Waals surface area contributed by atoms with Gasteiger partial charge in [0.2, 0.25) is 0 Å². The number of aromatic carboxylic acids is 1. The summed E-state index contributed by atoms with van der Waals surface area (Å²) in [5, 5.41) is 16.2. The van der Waals surface area contributed by atoms with Crippen molar-refractivity contribution in [1.29, 1.82) is 0 Å². The first-order valence-electron chi connectivity index (χ1n) is 7.02. The first-order valence-corrected chi connectivity index (χ1v) is 8.28. The number of nitrogens with one attached hydrogen (secondary N) is 1. The average Bonchev–Trinajstić information content (AvgIpc) is 3.04. The van der Waals surface area contributed by atoms with E-state index < -0.39 is 5.97 Å². The maximum absolute atomic E-state index is 10.8. The maximum Gasteiger partial charge on any atom is 1.00 e. The van der Waals surface area contributed by atoms with Crippen LogP contribution in [0.1, 0.15) is 16.1 Å². The zero-order valence-electron chi connectivity index (χ0n) is 13.4. The second-order valence-corrected chi connectivity index (χ2v) is 6.16. The Morgan fingerprint density at radius 3 is 2.68 bits per heavy atom. The number of thiazole rings is 1. The van der Waals surface area contributed by atoms with Crippen molar-refractivity contribution in [3.8, 4) is 5.75 Å². The van der Waals surface area contributed by atoms with Crippen molar-refractivity contribution in [2.75, 3.05) is 5.32 Å². The topological polar surface area (TPSA) is 74.3 Å². The molecule has 5 nitrogen and oxygen atoms in total. The molecule has 1 N–H and O–H groups in total. The van der Waals surface area contributed by atoms with E-state index in [4.69, 9.17) is 16.3 Å². The number of nitrogens with zero attached hydrogens (tertiary/aromatic N) is 1. The maximum atomic E-state index is 10.8. The largest absolute Gasteiger partial charge is 1.00 e. The van der Waals surface area contributed by atoms with Gasteiger partial charge in [0.25, 0.3) is 0 Å². The third-order valence-electron chi connectivity index (χ3n) is 3.13. The van der Waals surface area contributed by atoms with E-state index in [-0.39, 0.29) is 35.3 Å². The smallest absolute Gasteiger partial charge is 0.543 e. The number of carboxylic acid groups (broad SMARTS) is 1. The van der Waals surface area contributed by atoms with Crippen LogP contribution in [0, 0.1) is 0 Å². The molecule has 3 rings (SSSR count). The van der Waals surface area contributed by atoms with Crippen LogP contribution in [-0.4, -0.2) is 11.0 Å². The second kappa shape index (κ2) is 9.22. The number of hydrogen-bond donors (Lipinski definition) is 1. The second-order valence-electron chi connectivity index (χ2n) is 4.87. The number of carbonyl (C=O) groups excluding carboxylic acids is 1. The molecule has 0 atom stereocenters. The quantitative estimate of drug-likeness (QED) is 0.628. The normalized spacial score (nSPS) is 9.96. The van der Waals surface area contributed by atoms with E-state index in [1.54, 1.807) is 18.2 Å². The number of halogens is 1. The van der Waals surface area contributed by atoms with E-state index in [0.29, 0.717) is 28.2 Å². The molecule has 0 aliphatic rings. The van der Waals surface area contributed by atoms with Crippen molar-refractivity contribution < 1.29 is 44.2 Å². The fraction of sp³-hybridized carbons (Fsp3) is 0.0588. The summed E-state index contributed by atoms with van der Waals surface area (Å²) in [5.41, 5.74) is 1.53. The van der Waals surface area contributed by atoms with Crippen molar-refractivity contribution in [2.45, 2.75) is 6.61 Å². The van der Waals surface area contributed by atoms with Gasteiger partial charge in [-0.15, -0.1) is 11.3 Å². The van der Waals surface area contributed by atoms with Crippen LogP contribution in [0.5, 0.6) is 5.75 Å². The Morgan fingerprint density at radius 2 is 2.00 bits per heavy atom. The SMILES string of the molecule is O=C([O-])c1csc(Nc2cc(Cl)ccc2OCc2ccccc2)n1.[Na+]. The predicted octanol–water partition coefficient (Wildman–Crippen LogP) is 0.487. The van der Waals surface area contributed by atoms with Gasteiger partial charge in [0.1, 0.15) is 12.4 Å². The number of aromatic nitrogens is 1. The summed E-state index contributed by atoms with van der Waals surface area (Å²) in [6, 6.07) is 14.9. The molecule has 0 fully saturated rings. The molecule has 0 saturated heterocycles. The van der Waals surface area contributed by atoms with Crippen LogP contribution in [0.15, 0.2) is 53.9 Å². The molecule has 3 aromatic rings. The molecule has 8 heteroatoms. The van der Waals surface area contributed by atoms with Gasteiger partial charge < -0.3 is 20.0 Å². The summed E-state index contributed by atoms with van der Waals surface area (Å²) in [4.78, 5) is 14.7. The van der Waals surface area contributed by atoms with Gasteiger partial charge in [0.15, 0.2) is 5.13 Å².